The quantitative estimate of drug-likeness (QED) is 0.832. The van der Waals surface area contributed by atoms with Crippen LogP contribution in [0.3, 0.4) is 0 Å². The molecular weight excluding hydrogens is 340 g/mol. The minimum absolute atomic E-state index is 0.0205. The van der Waals surface area contributed by atoms with Gasteiger partial charge >= 0.3 is 0 Å². The molecule has 0 spiro atoms. The van der Waals surface area contributed by atoms with Gasteiger partial charge in [-0.25, -0.2) is 13.1 Å². The van der Waals surface area contributed by atoms with Gasteiger partial charge in [0.15, 0.2) is 0 Å². The maximum atomic E-state index is 13.0. The van der Waals surface area contributed by atoms with Crippen molar-refractivity contribution in [2.24, 2.45) is 0 Å². The van der Waals surface area contributed by atoms with Crippen molar-refractivity contribution in [1.29, 1.82) is 0 Å². The van der Waals surface area contributed by atoms with Crippen LogP contribution in [0.4, 0.5) is 0 Å². The number of carbonyl (C=O) groups is 1. The first kappa shape index (κ1) is 18.4. The fourth-order valence-corrected chi connectivity index (χ4v) is 4.68. The van der Waals surface area contributed by atoms with Gasteiger partial charge in [0.25, 0.3) is 5.91 Å². The number of amides is 1. The number of aliphatic hydroxyl groups excluding tert-OH is 1. The van der Waals surface area contributed by atoms with Crippen LogP contribution in [0.1, 0.15) is 54.9 Å². The molecule has 1 aliphatic heterocycles. The Morgan fingerprint density at radius 1 is 1.28 bits per heavy atom. The number of benzene rings is 1. The molecule has 25 heavy (non-hydrogen) atoms. The van der Waals surface area contributed by atoms with E-state index in [0.29, 0.717) is 12.1 Å². The summed E-state index contributed by atoms with van der Waals surface area (Å²) < 4.78 is 27.5. The fourth-order valence-electron chi connectivity index (χ4n) is 3.35. The Morgan fingerprint density at radius 2 is 2.00 bits per heavy atom. The Hall–Kier alpha value is -1.44. The maximum Gasteiger partial charge on any atom is 0.254 e. The average molecular weight is 366 g/mol. The highest BCUT2D eigenvalue weighted by Crippen LogP contribution is 2.26. The fraction of sp³-hybridized carbons (Fsp3) is 0.611. The summed E-state index contributed by atoms with van der Waals surface area (Å²) in [6.45, 7) is 4.09. The molecule has 7 heteroatoms. The predicted molar refractivity (Wildman–Crippen MR) is 94.9 cm³/mol. The molecular formula is C18H26N2O4S. The van der Waals surface area contributed by atoms with Gasteiger partial charge in [0, 0.05) is 18.2 Å². The van der Waals surface area contributed by atoms with Gasteiger partial charge in [0.2, 0.25) is 10.0 Å². The Balaban J connectivity index is 1.90. The lowest BCUT2D eigenvalue weighted by Crippen LogP contribution is -2.49. The molecule has 2 N–H and O–H groups in total. The molecule has 2 aliphatic rings. The zero-order valence-electron chi connectivity index (χ0n) is 14.7. The zero-order chi connectivity index (χ0) is 18.2. The van der Waals surface area contributed by atoms with E-state index < -0.39 is 16.1 Å². The minimum atomic E-state index is -3.60. The van der Waals surface area contributed by atoms with Crippen molar-refractivity contribution in [1.82, 2.24) is 9.62 Å². The van der Waals surface area contributed by atoms with Gasteiger partial charge in [0.05, 0.1) is 17.0 Å². The predicted octanol–water partition coefficient (Wildman–Crippen LogP) is 1.81. The maximum absolute atomic E-state index is 13.0. The van der Waals surface area contributed by atoms with Gasteiger partial charge in [-0.1, -0.05) is 6.07 Å². The van der Waals surface area contributed by atoms with Gasteiger partial charge in [-0.3, -0.25) is 4.79 Å². The van der Waals surface area contributed by atoms with Crippen molar-refractivity contribution < 1.29 is 18.3 Å². The number of nitrogens with one attached hydrogen (secondary N) is 1. The second kappa shape index (κ2) is 7.05. The highest BCUT2D eigenvalue weighted by molar-refractivity contribution is 7.89. The van der Waals surface area contributed by atoms with Crippen molar-refractivity contribution in [3.05, 3.63) is 29.3 Å². The number of sulfonamides is 1. The number of rotatable bonds is 5. The van der Waals surface area contributed by atoms with E-state index in [1.165, 1.54) is 6.07 Å². The molecule has 3 rings (SSSR count). The lowest BCUT2D eigenvalue weighted by molar-refractivity contribution is 0.0280. The highest BCUT2D eigenvalue weighted by Gasteiger charge is 2.32. The van der Waals surface area contributed by atoms with Gasteiger partial charge in [0.1, 0.15) is 0 Å². The summed E-state index contributed by atoms with van der Waals surface area (Å²) in [6, 6.07) is 4.49. The monoisotopic (exact) mass is 366 g/mol. The first-order valence-electron chi connectivity index (χ1n) is 8.91. The molecule has 138 valence electrons. The number of hydrogen-bond donors (Lipinski definition) is 2. The summed E-state index contributed by atoms with van der Waals surface area (Å²) in [5, 5.41) is 10.0. The molecule has 1 heterocycles. The van der Waals surface area contributed by atoms with Crippen molar-refractivity contribution >= 4 is 15.9 Å². The standard InChI is InChI=1S/C18H26N2O4S/c1-12-6-9-15(25(23,24)19-14-7-8-14)11-16(12)18(22)20-10-4-3-5-17(20)13(2)21/h6,9,11,13-14,17,19,21H,3-5,7-8,10H2,1-2H3/t13-,17+/m1/s1. The largest absolute Gasteiger partial charge is 0.391 e. The number of carbonyl (C=O) groups excluding carboxylic acids is 1. The smallest absolute Gasteiger partial charge is 0.254 e. The van der Waals surface area contributed by atoms with E-state index in [1.807, 2.05) is 0 Å². The molecule has 2 fully saturated rings. The molecule has 1 aromatic rings. The van der Waals surface area contributed by atoms with E-state index in [1.54, 1.807) is 30.9 Å². The summed E-state index contributed by atoms with van der Waals surface area (Å²) in [4.78, 5) is 14.9. The lowest BCUT2D eigenvalue weighted by atomic mass is 9.96. The molecule has 1 aromatic carbocycles. The second-order valence-electron chi connectivity index (χ2n) is 7.17. The molecule has 0 radical (unpaired) electrons. The first-order chi connectivity index (χ1) is 11.8. The Kier molecular flexibility index (Phi) is 5.18. The summed E-state index contributed by atoms with van der Waals surface area (Å²) in [7, 11) is -3.60. The number of piperidine rings is 1. The van der Waals surface area contributed by atoms with Crippen molar-refractivity contribution in [2.45, 2.75) is 69.0 Å². The topological polar surface area (TPSA) is 86.7 Å². The molecule has 1 saturated heterocycles. The van der Waals surface area contributed by atoms with E-state index in [-0.39, 0.29) is 22.9 Å². The normalized spacial score (nSPS) is 22.7. The van der Waals surface area contributed by atoms with Crippen LogP contribution in [0, 0.1) is 6.92 Å². The molecule has 0 aromatic heterocycles. The first-order valence-corrected chi connectivity index (χ1v) is 10.4. The SMILES string of the molecule is Cc1ccc(S(=O)(=O)NC2CC2)cc1C(=O)N1CCCC[C@H]1[C@@H](C)O. The molecule has 6 nitrogen and oxygen atoms in total. The van der Waals surface area contributed by atoms with Gasteiger partial charge < -0.3 is 10.0 Å². The molecule has 1 amide bonds. The number of likely N-dealkylation sites (tertiary alicyclic amines) is 1. The van der Waals surface area contributed by atoms with Crippen LogP contribution < -0.4 is 4.72 Å². The number of hydrogen-bond acceptors (Lipinski definition) is 4. The van der Waals surface area contributed by atoms with E-state index in [0.717, 1.165) is 37.7 Å². The van der Waals surface area contributed by atoms with Crippen LogP contribution in [0.2, 0.25) is 0 Å². The van der Waals surface area contributed by atoms with Crippen LogP contribution in [0.15, 0.2) is 23.1 Å². The lowest BCUT2D eigenvalue weighted by Gasteiger charge is -2.37. The van der Waals surface area contributed by atoms with Crippen LogP contribution in [-0.4, -0.2) is 49.1 Å². The van der Waals surface area contributed by atoms with Crippen molar-refractivity contribution in [3.63, 3.8) is 0 Å². The van der Waals surface area contributed by atoms with E-state index in [9.17, 15) is 18.3 Å². The summed E-state index contributed by atoms with van der Waals surface area (Å²) in [6.07, 6.45) is 3.77. The number of nitrogens with zero attached hydrogens (tertiary/aromatic N) is 1. The third-order valence-electron chi connectivity index (χ3n) is 5.02. The van der Waals surface area contributed by atoms with E-state index >= 15 is 0 Å². The van der Waals surface area contributed by atoms with Crippen LogP contribution in [0.5, 0.6) is 0 Å². The minimum Gasteiger partial charge on any atom is -0.391 e. The van der Waals surface area contributed by atoms with Gasteiger partial charge in [-0.15, -0.1) is 0 Å². The molecule has 0 unspecified atom stereocenters. The second-order valence-corrected chi connectivity index (χ2v) is 8.89. The van der Waals surface area contributed by atoms with Crippen LogP contribution in [-0.2, 0) is 10.0 Å². The Labute approximate surface area is 149 Å². The van der Waals surface area contributed by atoms with E-state index in [2.05, 4.69) is 4.72 Å². The molecule has 1 saturated carbocycles. The Bertz CT molecular complexity index is 756. The number of aliphatic hydroxyl groups is 1. The number of aryl methyl sites for hydroxylation is 1. The van der Waals surface area contributed by atoms with Gasteiger partial charge in [-0.2, -0.15) is 0 Å². The Morgan fingerprint density at radius 3 is 2.64 bits per heavy atom. The average Bonchev–Trinajstić information content (AvgIpc) is 3.37. The zero-order valence-corrected chi connectivity index (χ0v) is 15.6. The highest BCUT2D eigenvalue weighted by atomic mass is 32.2. The van der Waals surface area contributed by atoms with Crippen LogP contribution in [0.25, 0.3) is 0 Å². The van der Waals surface area contributed by atoms with Gasteiger partial charge in [-0.05, 0) is 63.6 Å². The summed E-state index contributed by atoms with van der Waals surface area (Å²) in [5.74, 6) is -0.202. The summed E-state index contributed by atoms with van der Waals surface area (Å²) >= 11 is 0. The molecule has 1 aliphatic carbocycles. The van der Waals surface area contributed by atoms with E-state index in [4.69, 9.17) is 0 Å². The van der Waals surface area contributed by atoms with Crippen molar-refractivity contribution in [2.75, 3.05) is 6.54 Å². The molecule has 2 atom stereocenters. The molecule has 0 bridgehead atoms. The third-order valence-corrected chi connectivity index (χ3v) is 6.53. The third kappa shape index (κ3) is 4.04. The van der Waals surface area contributed by atoms with Crippen LogP contribution >= 0.6 is 0 Å². The van der Waals surface area contributed by atoms with Crippen molar-refractivity contribution in [3.8, 4) is 0 Å². The summed E-state index contributed by atoms with van der Waals surface area (Å²) in [5.41, 5.74) is 1.14.